The van der Waals surface area contributed by atoms with Gasteiger partial charge in [0.1, 0.15) is 0 Å². The molecule has 0 radical (unpaired) electrons. The fourth-order valence-electron chi connectivity index (χ4n) is 2.91. The number of carbonyl (C=O) groups is 2. The van der Waals surface area contributed by atoms with Gasteiger partial charge in [0.25, 0.3) is 0 Å². The van der Waals surface area contributed by atoms with E-state index in [1.165, 1.54) is 0 Å². The molecule has 1 amide bonds. The third-order valence-corrected chi connectivity index (χ3v) is 4.20. The van der Waals surface area contributed by atoms with E-state index in [1.54, 1.807) is 0 Å². The smallest absolute Gasteiger partial charge is 0.306 e. The molecule has 1 aliphatic rings. The van der Waals surface area contributed by atoms with Crippen molar-refractivity contribution in [3.8, 4) is 11.5 Å². The van der Waals surface area contributed by atoms with E-state index < -0.39 is 5.97 Å². The summed E-state index contributed by atoms with van der Waals surface area (Å²) in [6, 6.07) is 9.38. The Labute approximate surface area is 139 Å². The van der Waals surface area contributed by atoms with E-state index in [2.05, 4.69) is 15.5 Å². The molecular weight excluding hydrogens is 310 g/mol. The molecule has 1 fully saturated rings. The number of nitrogens with one attached hydrogen (secondary N) is 1. The van der Waals surface area contributed by atoms with E-state index in [9.17, 15) is 9.59 Å². The lowest BCUT2D eigenvalue weighted by molar-refractivity contribution is -0.141. The molecule has 7 heteroatoms. The van der Waals surface area contributed by atoms with Gasteiger partial charge in [-0.25, -0.2) is 0 Å². The number of carboxylic acids is 1. The van der Waals surface area contributed by atoms with Gasteiger partial charge in [0.15, 0.2) is 0 Å². The topological polar surface area (TPSA) is 105 Å². The number of aromatic nitrogens is 2. The number of aliphatic carboxylic acids is 1. The van der Waals surface area contributed by atoms with E-state index in [0.29, 0.717) is 37.5 Å². The van der Waals surface area contributed by atoms with Crippen molar-refractivity contribution < 1.29 is 19.1 Å². The minimum Gasteiger partial charge on any atom is -0.481 e. The van der Waals surface area contributed by atoms with Crippen LogP contribution in [0.2, 0.25) is 0 Å². The first-order valence-corrected chi connectivity index (χ1v) is 8.02. The van der Waals surface area contributed by atoms with E-state index in [0.717, 1.165) is 5.56 Å². The van der Waals surface area contributed by atoms with Crippen LogP contribution in [0.4, 0.5) is 0 Å². The van der Waals surface area contributed by atoms with Crippen LogP contribution in [0.1, 0.15) is 31.6 Å². The molecule has 1 aromatic carbocycles. The largest absolute Gasteiger partial charge is 0.481 e. The molecule has 0 aliphatic heterocycles. The Morgan fingerprint density at radius 3 is 2.71 bits per heavy atom. The normalized spacial score (nSPS) is 20.0. The van der Waals surface area contributed by atoms with Crippen LogP contribution in [-0.2, 0) is 16.0 Å². The SMILES string of the molecule is O=C(CCc1nnc(-c2ccccc2)o1)N[C@H]1CC[C@@H](C(=O)O)C1. The highest BCUT2D eigenvalue weighted by Crippen LogP contribution is 2.25. The Morgan fingerprint density at radius 2 is 2.00 bits per heavy atom. The van der Waals surface area contributed by atoms with Crippen LogP contribution in [0.25, 0.3) is 11.5 Å². The second-order valence-electron chi connectivity index (χ2n) is 5.98. The van der Waals surface area contributed by atoms with Gasteiger partial charge in [-0.1, -0.05) is 18.2 Å². The van der Waals surface area contributed by atoms with Crippen molar-refractivity contribution in [2.24, 2.45) is 5.92 Å². The van der Waals surface area contributed by atoms with Crippen LogP contribution in [0.5, 0.6) is 0 Å². The van der Waals surface area contributed by atoms with Crippen molar-refractivity contribution in [1.29, 1.82) is 0 Å². The van der Waals surface area contributed by atoms with Gasteiger partial charge in [0, 0.05) is 24.4 Å². The highest BCUT2D eigenvalue weighted by molar-refractivity contribution is 5.77. The molecule has 1 saturated carbocycles. The van der Waals surface area contributed by atoms with Gasteiger partial charge in [0.2, 0.25) is 17.7 Å². The number of hydrogen-bond acceptors (Lipinski definition) is 5. The first kappa shape index (κ1) is 16.2. The number of benzene rings is 1. The van der Waals surface area contributed by atoms with Gasteiger partial charge in [-0.15, -0.1) is 10.2 Å². The Bertz CT molecular complexity index is 714. The number of carboxylic acid groups (broad SMARTS) is 1. The zero-order valence-corrected chi connectivity index (χ0v) is 13.1. The molecule has 0 unspecified atom stereocenters. The second-order valence-corrected chi connectivity index (χ2v) is 5.98. The number of carbonyl (C=O) groups excluding carboxylic acids is 1. The minimum atomic E-state index is -0.786. The molecule has 0 bridgehead atoms. The average molecular weight is 329 g/mol. The molecule has 0 spiro atoms. The van der Waals surface area contributed by atoms with E-state index in [1.807, 2.05) is 30.3 Å². The van der Waals surface area contributed by atoms with Gasteiger partial charge >= 0.3 is 5.97 Å². The van der Waals surface area contributed by atoms with Gasteiger partial charge in [-0.05, 0) is 31.4 Å². The number of amides is 1. The first-order valence-electron chi connectivity index (χ1n) is 8.02. The maximum atomic E-state index is 12.0. The van der Waals surface area contributed by atoms with E-state index in [4.69, 9.17) is 9.52 Å². The van der Waals surface area contributed by atoms with Crippen molar-refractivity contribution in [2.75, 3.05) is 0 Å². The van der Waals surface area contributed by atoms with Gasteiger partial charge in [-0.2, -0.15) is 0 Å². The molecule has 2 aromatic rings. The Hall–Kier alpha value is -2.70. The summed E-state index contributed by atoms with van der Waals surface area (Å²) in [6.07, 6.45) is 2.43. The molecule has 2 N–H and O–H groups in total. The van der Waals surface area contributed by atoms with Crippen molar-refractivity contribution >= 4 is 11.9 Å². The average Bonchev–Trinajstić information content (AvgIpc) is 3.23. The van der Waals surface area contributed by atoms with Gasteiger partial charge in [0.05, 0.1) is 5.92 Å². The highest BCUT2D eigenvalue weighted by atomic mass is 16.4. The Balaban J connectivity index is 1.47. The summed E-state index contributed by atoms with van der Waals surface area (Å²) in [4.78, 5) is 22.9. The predicted octanol–water partition coefficient (Wildman–Crippen LogP) is 2.04. The van der Waals surface area contributed by atoms with E-state index in [-0.39, 0.29) is 24.3 Å². The highest BCUT2D eigenvalue weighted by Gasteiger charge is 2.30. The lowest BCUT2D eigenvalue weighted by Gasteiger charge is -2.11. The quantitative estimate of drug-likeness (QED) is 0.840. The summed E-state index contributed by atoms with van der Waals surface area (Å²) in [6.45, 7) is 0. The molecule has 126 valence electrons. The van der Waals surface area contributed by atoms with Crippen molar-refractivity contribution in [1.82, 2.24) is 15.5 Å². The summed E-state index contributed by atoms with van der Waals surface area (Å²) in [5.41, 5.74) is 0.839. The van der Waals surface area contributed by atoms with Crippen LogP contribution < -0.4 is 5.32 Å². The third-order valence-electron chi connectivity index (χ3n) is 4.20. The number of hydrogen-bond donors (Lipinski definition) is 2. The molecule has 7 nitrogen and oxygen atoms in total. The van der Waals surface area contributed by atoms with E-state index >= 15 is 0 Å². The Morgan fingerprint density at radius 1 is 1.21 bits per heavy atom. The fraction of sp³-hybridized carbons (Fsp3) is 0.412. The molecule has 1 aliphatic carbocycles. The standard InChI is InChI=1S/C17H19N3O4/c21-14(18-13-7-6-12(10-13)17(22)23)8-9-15-19-20-16(24-15)11-4-2-1-3-5-11/h1-5,12-13H,6-10H2,(H,18,21)(H,22,23)/t12-,13+/m1/s1. The number of nitrogens with zero attached hydrogens (tertiary/aromatic N) is 2. The molecular formula is C17H19N3O4. The first-order chi connectivity index (χ1) is 11.6. The molecule has 2 atom stereocenters. The van der Waals surface area contributed by atoms with Crippen molar-refractivity contribution in [2.45, 2.75) is 38.1 Å². The van der Waals surface area contributed by atoms with Crippen LogP contribution >= 0.6 is 0 Å². The molecule has 1 heterocycles. The molecule has 24 heavy (non-hydrogen) atoms. The third kappa shape index (κ3) is 3.98. The summed E-state index contributed by atoms with van der Waals surface area (Å²) in [5, 5.41) is 19.8. The van der Waals surface area contributed by atoms with Gasteiger partial charge < -0.3 is 14.8 Å². The summed E-state index contributed by atoms with van der Waals surface area (Å²) < 4.78 is 5.56. The zero-order valence-electron chi connectivity index (χ0n) is 13.1. The van der Waals surface area contributed by atoms with Crippen LogP contribution in [0.15, 0.2) is 34.7 Å². The fourth-order valence-corrected chi connectivity index (χ4v) is 2.91. The predicted molar refractivity (Wildman–Crippen MR) is 85.0 cm³/mol. The molecule has 0 saturated heterocycles. The lowest BCUT2D eigenvalue weighted by Crippen LogP contribution is -2.33. The zero-order chi connectivity index (χ0) is 16.9. The monoisotopic (exact) mass is 329 g/mol. The van der Waals surface area contributed by atoms with Crippen LogP contribution in [0, 0.1) is 5.92 Å². The number of aryl methyl sites for hydroxylation is 1. The maximum Gasteiger partial charge on any atom is 0.306 e. The van der Waals surface area contributed by atoms with Crippen LogP contribution in [0.3, 0.4) is 0 Å². The van der Waals surface area contributed by atoms with Crippen LogP contribution in [-0.4, -0.2) is 33.2 Å². The number of rotatable bonds is 6. The lowest BCUT2D eigenvalue weighted by atomic mass is 10.1. The summed E-state index contributed by atoms with van der Waals surface area (Å²) >= 11 is 0. The molecule has 3 rings (SSSR count). The van der Waals surface area contributed by atoms with Crippen molar-refractivity contribution in [3.63, 3.8) is 0 Å². The Kier molecular flexibility index (Phi) is 4.88. The summed E-state index contributed by atoms with van der Waals surface area (Å²) in [7, 11) is 0. The summed E-state index contributed by atoms with van der Waals surface area (Å²) in [5.74, 6) is -0.402. The van der Waals surface area contributed by atoms with Crippen molar-refractivity contribution in [3.05, 3.63) is 36.2 Å². The second kappa shape index (κ2) is 7.25. The molecule has 1 aromatic heterocycles. The minimum absolute atomic E-state index is 0.0545. The van der Waals surface area contributed by atoms with Gasteiger partial charge in [-0.3, -0.25) is 9.59 Å². The maximum absolute atomic E-state index is 12.0.